The van der Waals surface area contributed by atoms with Gasteiger partial charge in [-0.1, -0.05) is 17.3 Å². The first-order valence-electron chi connectivity index (χ1n) is 8.67. The summed E-state index contributed by atoms with van der Waals surface area (Å²) in [6, 6.07) is 12.6. The van der Waals surface area contributed by atoms with Gasteiger partial charge < -0.3 is 23.5 Å². The van der Waals surface area contributed by atoms with Crippen LogP contribution >= 0.6 is 0 Å². The minimum atomic E-state index is -0.556. The SMILES string of the molecule is COc1ccc(/C=C/C(=O)OCc2nc(-c3ccccc3OC)no2)c(OC)c1. The molecule has 0 unspecified atom stereocenters. The summed E-state index contributed by atoms with van der Waals surface area (Å²) in [5.74, 6) is 1.82. The Kier molecular flexibility index (Phi) is 6.47. The smallest absolute Gasteiger partial charge is 0.331 e. The fourth-order valence-corrected chi connectivity index (χ4v) is 2.55. The van der Waals surface area contributed by atoms with E-state index < -0.39 is 5.97 Å². The molecule has 0 saturated heterocycles. The van der Waals surface area contributed by atoms with Crippen LogP contribution in [0.25, 0.3) is 17.5 Å². The van der Waals surface area contributed by atoms with Crippen molar-refractivity contribution >= 4 is 12.0 Å². The molecule has 29 heavy (non-hydrogen) atoms. The summed E-state index contributed by atoms with van der Waals surface area (Å²) >= 11 is 0. The van der Waals surface area contributed by atoms with E-state index in [-0.39, 0.29) is 12.5 Å². The first-order chi connectivity index (χ1) is 14.1. The van der Waals surface area contributed by atoms with Crippen LogP contribution in [0.1, 0.15) is 11.5 Å². The van der Waals surface area contributed by atoms with E-state index >= 15 is 0 Å². The fourth-order valence-electron chi connectivity index (χ4n) is 2.55. The number of carbonyl (C=O) groups excluding carboxylic acids is 1. The number of hydrogen-bond donors (Lipinski definition) is 0. The molecule has 0 aliphatic carbocycles. The lowest BCUT2D eigenvalue weighted by Crippen LogP contribution is -2.01. The lowest BCUT2D eigenvalue weighted by Gasteiger charge is -2.07. The molecule has 8 heteroatoms. The summed E-state index contributed by atoms with van der Waals surface area (Å²) in [5, 5.41) is 3.90. The Morgan fingerprint density at radius 3 is 2.59 bits per heavy atom. The maximum atomic E-state index is 12.0. The molecule has 2 aromatic carbocycles. The normalized spacial score (nSPS) is 10.7. The molecule has 3 rings (SSSR count). The number of methoxy groups -OCH3 is 3. The van der Waals surface area contributed by atoms with Crippen molar-refractivity contribution < 1.29 is 28.3 Å². The lowest BCUT2D eigenvalue weighted by molar-refractivity contribution is -0.139. The molecule has 0 amide bonds. The molecule has 0 bridgehead atoms. The number of rotatable bonds is 8. The van der Waals surface area contributed by atoms with Crippen LogP contribution in [0, 0.1) is 0 Å². The van der Waals surface area contributed by atoms with E-state index in [0.717, 1.165) is 0 Å². The van der Waals surface area contributed by atoms with Gasteiger partial charge in [-0.2, -0.15) is 4.98 Å². The Morgan fingerprint density at radius 2 is 1.83 bits per heavy atom. The predicted octanol–water partition coefficient (Wildman–Crippen LogP) is 3.52. The quantitative estimate of drug-likeness (QED) is 0.422. The Morgan fingerprint density at radius 1 is 1.03 bits per heavy atom. The van der Waals surface area contributed by atoms with Crippen molar-refractivity contribution in [2.75, 3.05) is 21.3 Å². The number of carbonyl (C=O) groups is 1. The highest BCUT2D eigenvalue weighted by molar-refractivity contribution is 5.87. The number of ether oxygens (including phenoxy) is 4. The van der Waals surface area contributed by atoms with E-state index in [2.05, 4.69) is 10.1 Å². The molecular formula is C21H20N2O6. The van der Waals surface area contributed by atoms with Gasteiger partial charge in [-0.25, -0.2) is 4.79 Å². The van der Waals surface area contributed by atoms with Crippen molar-refractivity contribution in [1.29, 1.82) is 0 Å². The molecule has 1 heterocycles. The summed E-state index contributed by atoms with van der Waals surface area (Å²) < 4.78 is 26.0. The monoisotopic (exact) mass is 396 g/mol. The van der Waals surface area contributed by atoms with E-state index in [1.807, 2.05) is 18.2 Å². The highest BCUT2D eigenvalue weighted by atomic mass is 16.6. The molecule has 0 spiro atoms. The second-order valence-corrected chi connectivity index (χ2v) is 5.76. The van der Waals surface area contributed by atoms with Crippen molar-refractivity contribution in [3.63, 3.8) is 0 Å². The first-order valence-corrected chi connectivity index (χ1v) is 8.67. The summed E-state index contributed by atoms with van der Waals surface area (Å²) in [6.45, 7) is -0.148. The molecule has 150 valence electrons. The van der Waals surface area contributed by atoms with Crippen molar-refractivity contribution in [2.24, 2.45) is 0 Å². The van der Waals surface area contributed by atoms with Gasteiger partial charge in [0.15, 0.2) is 6.61 Å². The largest absolute Gasteiger partial charge is 0.497 e. The zero-order valence-electron chi connectivity index (χ0n) is 16.2. The zero-order valence-corrected chi connectivity index (χ0v) is 16.2. The van der Waals surface area contributed by atoms with Gasteiger partial charge in [0.05, 0.1) is 26.9 Å². The first kappa shape index (κ1) is 19.9. The van der Waals surface area contributed by atoms with E-state index in [1.54, 1.807) is 51.7 Å². The molecule has 0 fully saturated rings. The van der Waals surface area contributed by atoms with Crippen LogP contribution in [0.4, 0.5) is 0 Å². The van der Waals surface area contributed by atoms with Gasteiger partial charge in [-0.3, -0.25) is 0 Å². The van der Waals surface area contributed by atoms with Crippen LogP contribution in [0.2, 0.25) is 0 Å². The Hall–Kier alpha value is -3.81. The van der Waals surface area contributed by atoms with Crippen LogP contribution in [0.5, 0.6) is 17.2 Å². The second-order valence-electron chi connectivity index (χ2n) is 5.76. The van der Waals surface area contributed by atoms with Gasteiger partial charge in [0, 0.05) is 17.7 Å². The minimum absolute atomic E-state index is 0.148. The van der Waals surface area contributed by atoms with Gasteiger partial charge in [0.2, 0.25) is 5.82 Å². The lowest BCUT2D eigenvalue weighted by atomic mass is 10.2. The number of benzene rings is 2. The Labute approximate surface area is 167 Å². The molecule has 1 aromatic heterocycles. The molecule has 8 nitrogen and oxygen atoms in total. The summed E-state index contributed by atoms with van der Waals surface area (Å²) in [4.78, 5) is 16.2. The molecular weight excluding hydrogens is 376 g/mol. The molecule has 0 atom stereocenters. The summed E-state index contributed by atoms with van der Waals surface area (Å²) in [6.07, 6.45) is 2.89. The number of esters is 1. The second kappa shape index (κ2) is 9.41. The zero-order chi connectivity index (χ0) is 20.6. The highest BCUT2D eigenvalue weighted by Gasteiger charge is 2.13. The van der Waals surface area contributed by atoms with Crippen LogP contribution in [-0.2, 0) is 16.1 Å². The number of nitrogens with zero attached hydrogens (tertiary/aromatic N) is 2. The minimum Gasteiger partial charge on any atom is -0.497 e. The van der Waals surface area contributed by atoms with Crippen molar-refractivity contribution in [2.45, 2.75) is 6.61 Å². The van der Waals surface area contributed by atoms with E-state index in [9.17, 15) is 4.79 Å². The van der Waals surface area contributed by atoms with E-state index in [0.29, 0.717) is 34.2 Å². The average molecular weight is 396 g/mol. The third-order valence-corrected chi connectivity index (χ3v) is 3.99. The van der Waals surface area contributed by atoms with Crippen LogP contribution in [0.15, 0.2) is 53.1 Å². The van der Waals surface area contributed by atoms with Crippen molar-refractivity contribution in [1.82, 2.24) is 10.1 Å². The topological polar surface area (TPSA) is 92.9 Å². The van der Waals surface area contributed by atoms with Crippen LogP contribution in [0.3, 0.4) is 0 Å². The Bertz CT molecular complexity index is 1010. The molecule has 0 saturated carbocycles. The molecule has 0 N–H and O–H groups in total. The average Bonchev–Trinajstić information content (AvgIpc) is 3.24. The number of para-hydroxylation sites is 1. The van der Waals surface area contributed by atoms with E-state index in [4.69, 9.17) is 23.5 Å². The third-order valence-electron chi connectivity index (χ3n) is 3.99. The van der Waals surface area contributed by atoms with Crippen molar-refractivity contribution in [3.05, 3.63) is 60.0 Å². The van der Waals surface area contributed by atoms with Crippen LogP contribution in [-0.4, -0.2) is 37.4 Å². The maximum Gasteiger partial charge on any atom is 0.331 e. The molecule has 3 aromatic rings. The summed E-state index contributed by atoms with van der Waals surface area (Å²) in [7, 11) is 4.67. The van der Waals surface area contributed by atoms with E-state index in [1.165, 1.54) is 6.08 Å². The van der Waals surface area contributed by atoms with Gasteiger partial charge in [-0.05, 0) is 30.3 Å². The molecule has 0 aliphatic rings. The van der Waals surface area contributed by atoms with Crippen molar-refractivity contribution in [3.8, 4) is 28.6 Å². The number of aromatic nitrogens is 2. The van der Waals surface area contributed by atoms with Gasteiger partial charge in [-0.15, -0.1) is 0 Å². The molecule has 0 radical (unpaired) electrons. The Balaban J connectivity index is 1.62. The summed E-state index contributed by atoms with van der Waals surface area (Å²) in [5.41, 5.74) is 1.39. The fraction of sp³-hybridized carbons (Fsp3) is 0.190. The standard InChI is InChI=1S/C21H20N2O6/c1-25-15-10-8-14(18(12-15)27-3)9-11-20(24)28-13-19-22-21(23-29-19)16-6-4-5-7-17(16)26-2/h4-12H,13H2,1-3H3/b11-9+. The predicted molar refractivity (Wildman–Crippen MR) is 105 cm³/mol. The van der Waals surface area contributed by atoms with Gasteiger partial charge in [0.1, 0.15) is 17.2 Å². The third kappa shape index (κ3) is 4.92. The highest BCUT2D eigenvalue weighted by Crippen LogP contribution is 2.27. The maximum absolute atomic E-state index is 12.0. The van der Waals surface area contributed by atoms with Gasteiger partial charge >= 0.3 is 5.97 Å². The molecule has 0 aliphatic heterocycles. The van der Waals surface area contributed by atoms with Crippen LogP contribution < -0.4 is 14.2 Å². The van der Waals surface area contributed by atoms with Gasteiger partial charge in [0.25, 0.3) is 5.89 Å². The number of hydrogen-bond acceptors (Lipinski definition) is 8.